The summed E-state index contributed by atoms with van der Waals surface area (Å²) in [5.41, 5.74) is 9.57. The Bertz CT molecular complexity index is 1480. The highest BCUT2D eigenvalue weighted by molar-refractivity contribution is 6.32. The van der Waals surface area contributed by atoms with Gasteiger partial charge in [0.25, 0.3) is 0 Å². The lowest BCUT2D eigenvalue weighted by Crippen LogP contribution is -2.00. The van der Waals surface area contributed by atoms with Crippen LogP contribution >= 0.6 is 11.6 Å². The summed E-state index contributed by atoms with van der Waals surface area (Å²) in [6, 6.07) is 24.3. The standard InChI is InChI=1S/C26H20ClN5/c1-16-9-11-22-21(12-16)24(18-6-4-3-5-7-18)31-26(30-22)32-28-15-20-14-19-10-8-17(2)13-23(19)29-25(20)27/h3-15H,1-2H3,(H,30,31,32)/b28-15+. The van der Waals surface area contributed by atoms with Crippen LogP contribution in [0.15, 0.2) is 77.9 Å². The van der Waals surface area contributed by atoms with Crippen molar-refractivity contribution in [2.75, 3.05) is 5.43 Å². The molecule has 32 heavy (non-hydrogen) atoms. The van der Waals surface area contributed by atoms with Gasteiger partial charge >= 0.3 is 0 Å². The SMILES string of the molecule is Cc1ccc2cc(/C=N/Nc3nc(-c4ccccc4)c4cc(C)ccc4n3)c(Cl)nc2c1. The lowest BCUT2D eigenvalue weighted by atomic mass is 10.0. The first-order chi connectivity index (χ1) is 15.6. The molecule has 6 heteroatoms. The predicted molar refractivity (Wildman–Crippen MR) is 132 cm³/mol. The van der Waals surface area contributed by atoms with Crippen LogP contribution in [0.3, 0.4) is 0 Å². The molecule has 3 aromatic carbocycles. The fraction of sp³-hybridized carbons (Fsp3) is 0.0769. The lowest BCUT2D eigenvalue weighted by Gasteiger charge is -2.09. The van der Waals surface area contributed by atoms with Gasteiger partial charge in [0, 0.05) is 21.9 Å². The van der Waals surface area contributed by atoms with E-state index < -0.39 is 0 Å². The van der Waals surface area contributed by atoms with Gasteiger partial charge in [0.15, 0.2) is 0 Å². The summed E-state index contributed by atoms with van der Waals surface area (Å²) in [4.78, 5) is 13.9. The molecule has 0 unspecified atom stereocenters. The van der Waals surface area contributed by atoms with E-state index in [9.17, 15) is 0 Å². The highest BCUT2D eigenvalue weighted by Gasteiger charge is 2.10. The van der Waals surface area contributed by atoms with Gasteiger partial charge in [-0.3, -0.25) is 0 Å². The number of hydrogen-bond donors (Lipinski definition) is 1. The minimum atomic E-state index is 0.397. The number of fused-ring (bicyclic) bond motifs is 2. The Labute approximate surface area is 190 Å². The third-order valence-electron chi connectivity index (χ3n) is 5.22. The Hall–Kier alpha value is -3.83. The predicted octanol–water partition coefficient (Wildman–Crippen LogP) is 6.56. The second kappa shape index (κ2) is 8.36. The van der Waals surface area contributed by atoms with Crippen molar-refractivity contribution in [3.8, 4) is 11.3 Å². The molecule has 156 valence electrons. The van der Waals surface area contributed by atoms with Gasteiger partial charge in [-0.1, -0.05) is 65.7 Å². The van der Waals surface area contributed by atoms with Crippen molar-refractivity contribution in [2.24, 2.45) is 5.10 Å². The van der Waals surface area contributed by atoms with Crippen LogP contribution in [-0.4, -0.2) is 21.2 Å². The van der Waals surface area contributed by atoms with Crippen LogP contribution in [0.4, 0.5) is 5.95 Å². The van der Waals surface area contributed by atoms with Crippen molar-refractivity contribution in [3.05, 3.63) is 94.6 Å². The molecule has 1 N–H and O–H groups in total. The van der Waals surface area contributed by atoms with E-state index in [1.807, 2.05) is 73.7 Å². The number of anilines is 1. The van der Waals surface area contributed by atoms with Crippen LogP contribution in [0.5, 0.6) is 0 Å². The summed E-state index contributed by atoms with van der Waals surface area (Å²) < 4.78 is 0. The smallest absolute Gasteiger partial charge is 0.244 e. The zero-order chi connectivity index (χ0) is 22.1. The molecule has 5 nitrogen and oxygen atoms in total. The first-order valence-electron chi connectivity index (χ1n) is 10.3. The largest absolute Gasteiger partial charge is 0.245 e. The fourth-order valence-electron chi connectivity index (χ4n) is 3.63. The number of aromatic nitrogens is 3. The van der Waals surface area contributed by atoms with Gasteiger partial charge in [0.05, 0.1) is 22.9 Å². The molecule has 0 spiro atoms. The highest BCUT2D eigenvalue weighted by Crippen LogP contribution is 2.28. The van der Waals surface area contributed by atoms with Crippen LogP contribution in [0.2, 0.25) is 5.15 Å². The molecule has 0 atom stereocenters. The van der Waals surface area contributed by atoms with Crippen molar-refractivity contribution in [2.45, 2.75) is 13.8 Å². The van der Waals surface area contributed by atoms with Gasteiger partial charge in [0.1, 0.15) is 5.15 Å². The summed E-state index contributed by atoms with van der Waals surface area (Å²) >= 11 is 6.37. The molecule has 5 rings (SSSR count). The molecule has 0 aliphatic heterocycles. The summed E-state index contributed by atoms with van der Waals surface area (Å²) in [5.74, 6) is 0.414. The average Bonchev–Trinajstić information content (AvgIpc) is 2.80. The summed E-state index contributed by atoms with van der Waals surface area (Å²) in [7, 11) is 0. The van der Waals surface area contributed by atoms with Gasteiger partial charge in [-0.2, -0.15) is 5.10 Å². The van der Waals surface area contributed by atoms with E-state index >= 15 is 0 Å². The second-order valence-corrected chi connectivity index (χ2v) is 8.08. The molecular formula is C26H20ClN5. The highest BCUT2D eigenvalue weighted by atomic mass is 35.5. The molecule has 0 fully saturated rings. The molecule has 5 aromatic rings. The number of halogens is 1. The van der Waals surface area contributed by atoms with E-state index in [1.54, 1.807) is 6.21 Å². The molecule has 2 heterocycles. The number of rotatable bonds is 4. The van der Waals surface area contributed by atoms with E-state index in [2.05, 4.69) is 33.5 Å². The van der Waals surface area contributed by atoms with Crippen LogP contribution in [0.25, 0.3) is 33.1 Å². The van der Waals surface area contributed by atoms with Crippen molar-refractivity contribution in [1.29, 1.82) is 0 Å². The van der Waals surface area contributed by atoms with E-state index in [0.717, 1.165) is 49.8 Å². The molecule has 0 saturated carbocycles. The number of nitrogens with zero attached hydrogens (tertiary/aromatic N) is 4. The molecule has 0 aliphatic rings. The van der Waals surface area contributed by atoms with E-state index in [4.69, 9.17) is 16.6 Å². The number of hydrogen-bond acceptors (Lipinski definition) is 5. The van der Waals surface area contributed by atoms with Gasteiger partial charge < -0.3 is 0 Å². The number of aryl methyl sites for hydroxylation is 2. The Morgan fingerprint density at radius 3 is 2.44 bits per heavy atom. The number of nitrogens with one attached hydrogen (secondary N) is 1. The third kappa shape index (κ3) is 4.03. The fourth-order valence-corrected chi connectivity index (χ4v) is 3.82. The van der Waals surface area contributed by atoms with E-state index in [-0.39, 0.29) is 0 Å². The zero-order valence-electron chi connectivity index (χ0n) is 17.7. The Morgan fingerprint density at radius 2 is 1.59 bits per heavy atom. The Morgan fingerprint density at radius 1 is 0.812 bits per heavy atom. The van der Waals surface area contributed by atoms with Gasteiger partial charge in [-0.05, 0) is 43.7 Å². The maximum atomic E-state index is 6.37. The normalized spacial score (nSPS) is 11.5. The summed E-state index contributed by atoms with van der Waals surface area (Å²) in [6.07, 6.45) is 1.64. The molecular weight excluding hydrogens is 418 g/mol. The van der Waals surface area contributed by atoms with Crippen LogP contribution in [0, 0.1) is 13.8 Å². The van der Waals surface area contributed by atoms with Gasteiger partial charge in [0.2, 0.25) is 5.95 Å². The molecule has 0 amide bonds. The monoisotopic (exact) mass is 437 g/mol. The van der Waals surface area contributed by atoms with Gasteiger partial charge in [-0.15, -0.1) is 0 Å². The molecule has 0 saturated heterocycles. The first-order valence-corrected chi connectivity index (χ1v) is 10.6. The topological polar surface area (TPSA) is 63.1 Å². The quantitative estimate of drug-likeness (QED) is 0.196. The number of benzene rings is 3. The summed E-state index contributed by atoms with van der Waals surface area (Å²) in [6.45, 7) is 4.09. The van der Waals surface area contributed by atoms with Crippen molar-refractivity contribution in [1.82, 2.24) is 15.0 Å². The van der Waals surface area contributed by atoms with Crippen LogP contribution in [0.1, 0.15) is 16.7 Å². The van der Waals surface area contributed by atoms with Crippen molar-refractivity contribution < 1.29 is 0 Å². The maximum Gasteiger partial charge on any atom is 0.244 e. The average molecular weight is 438 g/mol. The molecule has 2 aromatic heterocycles. The summed E-state index contributed by atoms with van der Waals surface area (Å²) in [5, 5.41) is 6.74. The minimum Gasteiger partial charge on any atom is -0.245 e. The van der Waals surface area contributed by atoms with E-state index in [1.165, 1.54) is 0 Å². The van der Waals surface area contributed by atoms with Crippen LogP contribution < -0.4 is 5.43 Å². The Balaban J connectivity index is 1.50. The third-order valence-corrected chi connectivity index (χ3v) is 5.52. The Kier molecular flexibility index (Phi) is 5.25. The van der Waals surface area contributed by atoms with Gasteiger partial charge in [-0.25, -0.2) is 20.4 Å². The molecule has 0 aliphatic carbocycles. The lowest BCUT2D eigenvalue weighted by molar-refractivity contribution is 1.15. The second-order valence-electron chi connectivity index (χ2n) is 7.72. The van der Waals surface area contributed by atoms with Crippen molar-refractivity contribution in [3.63, 3.8) is 0 Å². The van der Waals surface area contributed by atoms with Crippen LogP contribution in [-0.2, 0) is 0 Å². The number of pyridine rings is 1. The molecule has 0 bridgehead atoms. The van der Waals surface area contributed by atoms with Crippen molar-refractivity contribution >= 4 is 45.6 Å². The molecule has 0 radical (unpaired) electrons. The first kappa shape index (κ1) is 20.1. The number of hydrazone groups is 1. The minimum absolute atomic E-state index is 0.397. The zero-order valence-corrected chi connectivity index (χ0v) is 18.4. The maximum absolute atomic E-state index is 6.37. The van der Waals surface area contributed by atoms with E-state index in [0.29, 0.717) is 11.1 Å².